The Balaban J connectivity index is 1.70. The van der Waals surface area contributed by atoms with E-state index in [-0.39, 0.29) is 23.4 Å². The van der Waals surface area contributed by atoms with Crippen LogP contribution in [0.25, 0.3) is 0 Å². The van der Waals surface area contributed by atoms with Crippen LogP contribution in [0.5, 0.6) is 5.88 Å². The van der Waals surface area contributed by atoms with E-state index in [2.05, 4.69) is 33.9 Å². The highest BCUT2D eigenvalue weighted by molar-refractivity contribution is 6.02. The zero-order valence-electron chi connectivity index (χ0n) is 18.0. The molecule has 0 atom stereocenters. The van der Waals surface area contributed by atoms with Gasteiger partial charge in [0.1, 0.15) is 17.4 Å². The zero-order valence-corrected chi connectivity index (χ0v) is 18.0. The molecule has 1 amide bonds. The van der Waals surface area contributed by atoms with Crippen molar-refractivity contribution in [2.75, 3.05) is 23.3 Å². The van der Waals surface area contributed by atoms with Crippen molar-refractivity contribution in [2.24, 2.45) is 0 Å². The number of aryl methyl sites for hydroxylation is 1. The van der Waals surface area contributed by atoms with Crippen LogP contribution >= 0.6 is 0 Å². The first kappa shape index (κ1) is 21.7. The smallest absolute Gasteiger partial charge is 0.388 e. The fraction of sp³-hybridized carbons (Fsp3) is 0.348. The van der Waals surface area contributed by atoms with E-state index in [1.54, 1.807) is 19.2 Å². The van der Waals surface area contributed by atoms with Crippen LogP contribution in [0.15, 0.2) is 53.3 Å². The van der Waals surface area contributed by atoms with Crippen molar-refractivity contribution in [3.05, 3.63) is 65.7 Å². The molecule has 1 aliphatic heterocycles. The highest BCUT2D eigenvalue weighted by Crippen LogP contribution is 2.42. The summed E-state index contributed by atoms with van der Waals surface area (Å²) >= 11 is 0. The van der Waals surface area contributed by atoms with E-state index in [0.29, 0.717) is 24.8 Å². The lowest BCUT2D eigenvalue weighted by Gasteiger charge is -2.49. The molecule has 1 aliphatic rings. The molecule has 1 fully saturated rings. The van der Waals surface area contributed by atoms with Crippen LogP contribution in [-0.2, 0) is 10.2 Å². The van der Waals surface area contributed by atoms with Gasteiger partial charge in [-0.25, -0.2) is 9.97 Å². The molecule has 1 saturated heterocycles. The number of pyridine rings is 1. The second-order valence-electron chi connectivity index (χ2n) is 8.13. The van der Waals surface area contributed by atoms with E-state index in [1.807, 2.05) is 29.2 Å². The molecule has 7 nitrogen and oxygen atoms in total. The summed E-state index contributed by atoms with van der Waals surface area (Å²) in [6.45, 7) is 3.38. The first-order valence-electron chi connectivity index (χ1n) is 10.3. The summed E-state index contributed by atoms with van der Waals surface area (Å²) in [5.74, 6) is -0.465. The number of benzene rings is 1. The van der Waals surface area contributed by atoms with Crippen molar-refractivity contribution >= 4 is 17.6 Å². The molecule has 32 heavy (non-hydrogen) atoms. The lowest BCUT2D eigenvalue weighted by Crippen LogP contribution is -2.65. The first-order valence-corrected chi connectivity index (χ1v) is 10.3. The van der Waals surface area contributed by atoms with Crippen molar-refractivity contribution in [2.45, 2.75) is 38.7 Å². The second kappa shape index (κ2) is 8.57. The number of ether oxygens (including phenoxy) is 1. The normalized spacial score (nSPS) is 15.0. The highest BCUT2D eigenvalue weighted by Gasteiger charge is 2.53. The van der Waals surface area contributed by atoms with Crippen molar-refractivity contribution in [3.8, 4) is 5.88 Å². The number of rotatable bonds is 7. The molecule has 0 radical (unpaired) electrons. The molecule has 9 heteroatoms. The molecule has 4 rings (SSSR count). The number of carbonyl (C=O) groups excluding carboxylic acids is 1. The molecule has 2 aromatic heterocycles. The summed E-state index contributed by atoms with van der Waals surface area (Å²) in [5.41, 5.74) is 1.59. The topological polar surface area (TPSA) is 80.5 Å². The Bertz CT molecular complexity index is 1100. The number of nitrogens with one attached hydrogen (secondary N) is 1. The maximum absolute atomic E-state index is 13.7. The third kappa shape index (κ3) is 4.02. The highest BCUT2D eigenvalue weighted by atomic mass is 19.3. The molecule has 1 N–H and O–H groups in total. The Morgan fingerprint density at radius 2 is 1.97 bits per heavy atom. The van der Waals surface area contributed by atoms with E-state index in [4.69, 9.17) is 4.42 Å². The lowest BCUT2D eigenvalue weighted by molar-refractivity contribution is -0.122. The summed E-state index contributed by atoms with van der Waals surface area (Å²) in [5, 5.41) is 2.78. The summed E-state index contributed by atoms with van der Waals surface area (Å²) in [6, 6.07) is 11.3. The van der Waals surface area contributed by atoms with Gasteiger partial charge in [-0.05, 0) is 36.1 Å². The van der Waals surface area contributed by atoms with Gasteiger partial charge in [0.15, 0.2) is 0 Å². The molecule has 0 unspecified atom stereocenters. The number of carbonyl (C=O) groups is 1. The molecule has 0 spiro atoms. The number of halogens is 2. The maximum atomic E-state index is 13.7. The minimum absolute atomic E-state index is 0.0943. The van der Waals surface area contributed by atoms with Gasteiger partial charge in [-0.1, -0.05) is 38.1 Å². The number of aromatic nitrogens is 2. The van der Waals surface area contributed by atoms with Gasteiger partial charge in [0.05, 0.1) is 6.20 Å². The quantitative estimate of drug-likeness (QED) is 0.580. The van der Waals surface area contributed by atoms with Crippen LogP contribution < -0.4 is 15.0 Å². The molecular weight excluding hydrogens is 418 g/mol. The van der Waals surface area contributed by atoms with Gasteiger partial charge in [-0.3, -0.25) is 4.79 Å². The average molecular weight is 442 g/mol. The van der Waals surface area contributed by atoms with Gasteiger partial charge in [-0.15, -0.1) is 0 Å². The van der Waals surface area contributed by atoms with E-state index < -0.39 is 12.0 Å². The molecule has 1 aromatic carbocycles. The first-order chi connectivity index (χ1) is 15.3. The molecule has 0 aliphatic carbocycles. The van der Waals surface area contributed by atoms with Crippen LogP contribution in [0.1, 0.15) is 36.6 Å². The molecule has 0 bridgehead atoms. The van der Waals surface area contributed by atoms with Gasteiger partial charge in [0.2, 0.25) is 11.8 Å². The molecule has 0 saturated carbocycles. The number of alkyl halides is 2. The average Bonchev–Trinajstić information content (AvgIpc) is 3.23. The fourth-order valence-electron chi connectivity index (χ4n) is 4.03. The van der Waals surface area contributed by atoms with E-state index in [1.165, 1.54) is 12.3 Å². The van der Waals surface area contributed by atoms with Crippen molar-refractivity contribution in [1.82, 2.24) is 9.97 Å². The number of hydrogen-bond acceptors (Lipinski definition) is 6. The van der Waals surface area contributed by atoms with Gasteiger partial charge >= 0.3 is 6.61 Å². The minimum atomic E-state index is -3.06. The van der Waals surface area contributed by atoms with Gasteiger partial charge in [0, 0.05) is 18.8 Å². The third-order valence-electron chi connectivity index (χ3n) is 5.59. The Labute approximate surface area is 184 Å². The summed E-state index contributed by atoms with van der Waals surface area (Å²) < 4.78 is 35.7. The maximum Gasteiger partial charge on any atom is 0.388 e. The summed E-state index contributed by atoms with van der Waals surface area (Å²) in [7, 11) is 0. The van der Waals surface area contributed by atoms with E-state index >= 15 is 0 Å². The predicted molar refractivity (Wildman–Crippen MR) is 115 cm³/mol. The zero-order chi connectivity index (χ0) is 22.9. The SMILES string of the molecule is Cc1ccc(NC(=O)C2(c3ccccc3C(C)C)CN(c3ncco3)C2)c(OC(F)F)n1. The molecule has 3 aromatic rings. The molecule has 3 heterocycles. The third-order valence-corrected chi connectivity index (χ3v) is 5.59. The monoisotopic (exact) mass is 442 g/mol. The van der Waals surface area contributed by atoms with Gasteiger partial charge in [0.25, 0.3) is 6.01 Å². The predicted octanol–water partition coefficient (Wildman–Crippen LogP) is 4.50. The Hall–Kier alpha value is -3.49. The van der Waals surface area contributed by atoms with Crippen molar-refractivity contribution in [3.63, 3.8) is 0 Å². The minimum Gasteiger partial charge on any atom is -0.432 e. The molecule has 168 valence electrons. The Morgan fingerprint density at radius 3 is 2.62 bits per heavy atom. The van der Waals surface area contributed by atoms with Crippen LogP contribution in [0.4, 0.5) is 20.5 Å². The largest absolute Gasteiger partial charge is 0.432 e. The van der Waals surface area contributed by atoms with Gasteiger partial charge < -0.3 is 19.4 Å². The summed E-state index contributed by atoms with van der Waals surface area (Å²) in [4.78, 5) is 23.7. The van der Waals surface area contributed by atoms with E-state index in [0.717, 1.165) is 11.1 Å². The number of anilines is 2. The molecular formula is C23H24F2N4O3. The number of hydrogen-bond donors (Lipinski definition) is 1. The summed E-state index contributed by atoms with van der Waals surface area (Å²) in [6.07, 6.45) is 3.02. The van der Waals surface area contributed by atoms with Gasteiger partial charge in [-0.2, -0.15) is 8.78 Å². The fourth-order valence-corrected chi connectivity index (χ4v) is 4.03. The van der Waals surface area contributed by atoms with Crippen LogP contribution in [-0.4, -0.2) is 35.6 Å². The number of nitrogens with zero attached hydrogens (tertiary/aromatic N) is 3. The Kier molecular flexibility index (Phi) is 5.82. The van der Waals surface area contributed by atoms with Crippen molar-refractivity contribution in [1.29, 1.82) is 0 Å². The Morgan fingerprint density at radius 1 is 1.22 bits per heavy atom. The van der Waals surface area contributed by atoms with E-state index in [9.17, 15) is 13.6 Å². The number of amides is 1. The van der Waals surface area contributed by atoms with Crippen LogP contribution in [0.2, 0.25) is 0 Å². The van der Waals surface area contributed by atoms with Crippen LogP contribution in [0.3, 0.4) is 0 Å². The number of oxazole rings is 1. The second-order valence-corrected chi connectivity index (χ2v) is 8.13. The van der Waals surface area contributed by atoms with Crippen molar-refractivity contribution < 1.29 is 22.7 Å². The standard InChI is InChI=1S/C23H24F2N4O3/c1-14(2)16-6-4-5-7-17(16)23(12-29(13-23)22-26-10-11-31-22)20(30)28-18-9-8-15(3)27-19(18)32-21(24)25/h4-11,14,21H,12-13H2,1-3H3,(H,28,30). The van der Waals surface area contributed by atoms with Crippen LogP contribution in [0, 0.1) is 6.92 Å². The lowest BCUT2D eigenvalue weighted by atomic mass is 9.70.